The third-order valence-electron chi connectivity index (χ3n) is 3.67. The largest absolute Gasteiger partial charge is 0.486 e. The summed E-state index contributed by atoms with van der Waals surface area (Å²) in [5, 5.41) is 0.528. The molecule has 0 saturated carbocycles. The highest BCUT2D eigenvalue weighted by Gasteiger charge is 2.15. The van der Waals surface area contributed by atoms with E-state index in [0.717, 1.165) is 11.1 Å². The number of hydrogen-bond acceptors (Lipinski definition) is 3. The summed E-state index contributed by atoms with van der Waals surface area (Å²) < 4.78 is 11.0. The van der Waals surface area contributed by atoms with E-state index in [-0.39, 0.29) is 22.2 Å². The lowest BCUT2D eigenvalue weighted by Gasteiger charge is -2.12. The van der Waals surface area contributed by atoms with E-state index in [1.165, 1.54) is 12.1 Å². The molecular weight excluding hydrogens is 371 g/mol. The van der Waals surface area contributed by atoms with Gasteiger partial charge in [-0.1, -0.05) is 83.9 Å². The van der Waals surface area contributed by atoms with Crippen molar-refractivity contribution in [1.29, 1.82) is 0 Å². The zero-order valence-electron chi connectivity index (χ0n) is 13.8. The molecule has 0 atom stereocenters. The van der Waals surface area contributed by atoms with Gasteiger partial charge < -0.3 is 9.47 Å². The lowest BCUT2D eigenvalue weighted by Crippen LogP contribution is -2.06. The van der Waals surface area contributed by atoms with E-state index in [9.17, 15) is 4.79 Å². The molecule has 0 fully saturated rings. The summed E-state index contributed by atoms with van der Waals surface area (Å²) in [5.41, 5.74) is 2.18. The normalized spacial score (nSPS) is 10.4. The topological polar surface area (TPSA) is 35.5 Å². The van der Waals surface area contributed by atoms with E-state index < -0.39 is 5.97 Å². The first kappa shape index (κ1) is 18.3. The van der Waals surface area contributed by atoms with Gasteiger partial charge in [-0.2, -0.15) is 0 Å². The molecule has 0 amide bonds. The molecule has 0 aliphatic heterocycles. The van der Waals surface area contributed by atoms with Gasteiger partial charge in [0.2, 0.25) is 0 Å². The molecule has 0 bridgehead atoms. The molecule has 3 aromatic carbocycles. The van der Waals surface area contributed by atoms with Gasteiger partial charge in [0.15, 0.2) is 5.75 Å². The number of esters is 1. The SMILES string of the molecule is O=C(OCc1ccccc1)c1cc(Cl)c(OCc2ccccc2)c(Cl)c1. The first-order chi connectivity index (χ1) is 12.6. The van der Waals surface area contributed by atoms with Crippen LogP contribution in [0, 0.1) is 0 Å². The third-order valence-corrected chi connectivity index (χ3v) is 4.23. The summed E-state index contributed by atoms with van der Waals surface area (Å²) in [7, 11) is 0. The highest BCUT2D eigenvalue weighted by Crippen LogP contribution is 2.35. The molecule has 3 aromatic rings. The van der Waals surface area contributed by atoms with E-state index in [1.54, 1.807) is 0 Å². The van der Waals surface area contributed by atoms with Crippen LogP contribution >= 0.6 is 23.2 Å². The van der Waals surface area contributed by atoms with Crippen molar-refractivity contribution < 1.29 is 14.3 Å². The maximum atomic E-state index is 12.2. The fourth-order valence-corrected chi connectivity index (χ4v) is 2.95. The highest BCUT2D eigenvalue weighted by atomic mass is 35.5. The van der Waals surface area contributed by atoms with Crippen LogP contribution in [0.25, 0.3) is 0 Å². The van der Waals surface area contributed by atoms with Gasteiger partial charge in [0.05, 0.1) is 15.6 Å². The molecule has 132 valence electrons. The molecule has 0 radical (unpaired) electrons. The Morgan fingerprint density at radius 1 is 0.769 bits per heavy atom. The van der Waals surface area contributed by atoms with Crippen molar-refractivity contribution in [3.8, 4) is 5.75 Å². The molecule has 0 saturated heterocycles. The summed E-state index contributed by atoms with van der Waals surface area (Å²) in [5.74, 6) is -0.149. The van der Waals surface area contributed by atoms with Crippen molar-refractivity contribution in [3.63, 3.8) is 0 Å². The van der Waals surface area contributed by atoms with Crippen LogP contribution in [-0.4, -0.2) is 5.97 Å². The van der Waals surface area contributed by atoms with Gasteiger partial charge in [-0.15, -0.1) is 0 Å². The Bertz CT molecular complexity index is 857. The average molecular weight is 387 g/mol. The maximum absolute atomic E-state index is 12.2. The summed E-state index contributed by atoms with van der Waals surface area (Å²) in [6.07, 6.45) is 0. The van der Waals surface area contributed by atoms with E-state index in [0.29, 0.717) is 12.4 Å². The first-order valence-corrected chi connectivity index (χ1v) is 8.76. The van der Waals surface area contributed by atoms with Crippen LogP contribution in [0.1, 0.15) is 21.5 Å². The van der Waals surface area contributed by atoms with Crippen LogP contribution < -0.4 is 4.74 Å². The smallest absolute Gasteiger partial charge is 0.338 e. The van der Waals surface area contributed by atoms with Gasteiger partial charge in [0, 0.05) is 0 Å². The van der Waals surface area contributed by atoms with Crippen LogP contribution in [-0.2, 0) is 18.0 Å². The summed E-state index contributed by atoms with van der Waals surface area (Å²) in [6.45, 7) is 0.513. The van der Waals surface area contributed by atoms with E-state index in [2.05, 4.69) is 0 Å². The van der Waals surface area contributed by atoms with Crippen LogP contribution in [0.5, 0.6) is 5.75 Å². The molecule has 0 heterocycles. The van der Waals surface area contributed by atoms with Gasteiger partial charge in [0.25, 0.3) is 0 Å². The van der Waals surface area contributed by atoms with Crippen LogP contribution in [0.15, 0.2) is 72.8 Å². The Morgan fingerprint density at radius 2 is 1.27 bits per heavy atom. The fourth-order valence-electron chi connectivity index (χ4n) is 2.35. The standard InChI is InChI=1S/C21H16Cl2O3/c22-18-11-17(21(24)26-14-16-9-5-2-6-10-16)12-19(23)20(18)25-13-15-7-3-1-4-8-15/h1-12H,13-14H2. The lowest BCUT2D eigenvalue weighted by molar-refractivity contribution is 0.0472. The number of ether oxygens (including phenoxy) is 2. The second-order valence-corrected chi connectivity index (χ2v) is 6.42. The molecule has 0 aliphatic rings. The Labute approximate surface area is 162 Å². The molecule has 0 spiro atoms. The minimum atomic E-state index is -0.493. The van der Waals surface area contributed by atoms with Gasteiger partial charge >= 0.3 is 5.97 Å². The van der Waals surface area contributed by atoms with E-state index >= 15 is 0 Å². The molecule has 0 aromatic heterocycles. The second-order valence-electron chi connectivity index (χ2n) is 5.61. The van der Waals surface area contributed by atoms with Crippen molar-refractivity contribution in [2.24, 2.45) is 0 Å². The fraction of sp³-hybridized carbons (Fsp3) is 0.0952. The molecular formula is C21H16Cl2O3. The van der Waals surface area contributed by atoms with Crippen LogP contribution in [0.3, 0.4) is 0 Å². The molecule has 3 rings (SSSR count). The minimum Gasteiger partial charge on any atom is -0.486 e. The van der Waals surface area contributed by atoms with Gasteiger partial charge in [-0.3, -0.25) is 0 Å². The zero-order chi connectivity index (χ0) is 18.4. The number of carbonyl (C=O) groups is 1. The quantitative estimate of drug-likeness (QED) is 0.492. The Morgan fingerprint density at radius 3 is 1.81 bits per heavy atom. The zero-order valence-corrected chi connectivity index (χ0v) is 15.3. The van der Waals surface area contributed by atoms with Crippen molar-refractivity contribution in [2.75, 3.05) is 0 Å². The number of hydrogen-bond donors (Lipinski definition) is 0. The van der Waals surface area contributed by atoms with Crippen molar-refractivity contribution in [2.45, 2.75) is 13.2 Å². The maximum Gasteiger partial charge on any atom is 0.338 e. The highest BCUT2D eigenvalue weighted by molar-refractivity contribution is 6.37. The Hall–Kier alpha value is -2.49. The second kappa shape index (κ2) is 8.75. The molecule has 5 heteroatoms. The predicted molar refractivity (Wildman–Crippen MR) is 103 cm³/mol. The number of rotatable bonds is 6. The predicted octanol–water partition coefficient (Wildman–Crippen LogP) is 5.93. The monoisotopic (exact) mass is 386 g/mol. The first-order valence-electron chi connectivity index (χ1n) is 8.00. The number of carbonyl (C=O) groups excluding carboxylic acids is 1. The molecule has 26 heavy (non-hydrogen) atoms. The van der Waals surface area contributed by atoms with Crippen LogP contribution in [0.2, 0.25) is 10.0 Å². The number of halogens is 2. The van der Waals surface area contributed by atoms with E-state index in [4.69, 9.17) is 32.7 Å². The minimum absolute atomic E-state index is 0.182. The summed E-state index contributed by atoms with van der Waals surface area (Å²) in [6, 6.07) is 22.1. The van der Waals surface area contributed by atoms with Gasteiger partial charge in [-0.05, 0) is 23.3 Å². The molecule has 3 nitrogen and oxygen atoms in total. The number of benzene rings is 3. The van der Waals surface area contributed by atoms with Crippen LogP contribution in [0.4, 0.5) is 0 Å². The van der Waals surface area contributed by atoms with Gasteiger partial charge in [-0.25, -0.2) is 4.79 Å². The Kier molecular flexibility index (Phi) is 6.16. The van der Waals surface area contributed by atoms with Crippen molar-refractivity contribution in [1.82, 2.24) is 0 Å². The third kappa shape index (κ3) is 4.78. The lowest BCUT2D eigenvalue weighted by atomic mass is 10.2. The Balaban J connectivity index is 1.67. The average Bonchev–Trinajstić information content (AvgIpc) is 2.67. The molecule has 0 aliphatic carbocycles. The van der Waals surface area contributed by atoms with E-state index in [1.807, 2.05) is 60.7 Å². The van der Waals surface area contributed by atoms with Crippen molar-refractivity contribution >= 4 is 29.2 Å². The summed E-state index contributed by atoms with van der Waals surface area (Å²) in [4.78, 5) is 12.2. The molecule has 0 unspecified atom stereocenters. The molecule has 0 N–H and O–H groups in total. The summed E-state index contributed by atoms with van der Waals surface area (Å²) >= 11 is 12.5. The van der Waals surface area contributed by atoms with Gasteiger partial charge in [0.1, 0.15) is 13.2 Å². The van der Waals surface area contributed by atoms with Crippen molar-refractivity contribution in [3.05, 3.63) is 99.5 Å².